The molecule has 3 aromatic heterocycles. The van der Waals surface area contributed by atoms with Crippen LogP contribution in [0, 0.1) is 5.92 Å². The fourth-order valence-corrected chi connectivity index (χ4v) is 4.67. The Balaban J connectivity index is 1.41. The molecule has 0 saturated heterocycles. The summed E-state index contributed by atoms with van der Waals surface area (Å²) in [6.07, 6.45) is 1.90. The van der Waals surface area contributed by atoms with Gasteiger partial charge >= 0.3 is 6.03 Å². The van der Waals surface area contributed by atoms with Crippen LogP contribution in [-0.4, -0.2) is 25.6 Å². The number of thiazole rings is 1. The molecule has 0 aliphatic rings. The van der Waals surface area contributed by atoms with Crippen LogP contribution >= 0.6 is 11.3 Å². The molecule has 8 heteroatoms. The maximum Gasteiger partial charge on any atom is 0.319 e. The van der Waals surface area contributed by atoms with Gasteiger partial charge in [-0.15, -0.1) is 21.5 Å². The van der Waals surface area contributed by atoms with Gasteiger partial charge in [-0.3, -0.25) is 4.40 Å². The molecule has 0 aliphatic carbocycles. The van der Waals surface area contributed by atoms with Gasteiger partial charge in [-0.1, -0.05) is 44.2 Å². The summed E-state index contributed by atoms with van der Waals surface area (Å²) in [5, 5.41) is 15.5. The van der Waals surface area contributed by atoms with Crippen LogP contribution in [0.3, 0.4) is 0 Å². The van der Waals surface area contributed by atoms with Crippen LogP contribution in [0.1, 0.15) is 25.7 Å². The lowest BCUT2D eigenvalue weighted by molar-refractivity contribution is 0.243. The number of amides is 2. The molecule has 2 N–H and O–H groups in total. The smallest absolute Gasteiger partial charge is 0.319 e. The molecular weight excluding hydrogens is 420 g/mol. The fourth-order valence-electron chi connectivity index (χ4n) is 3.67. The van der Waals surface area contributed by atoms with Crippen LogP contribution in [0.25, 0.3) is 26.4 Å². The number of rotatable bonds is 5. The first kappa shape index (κ1) is 20.1. The van der Waals surface area contributed by atoms with Crippen LogP contribution in [-0.2, 0) is 0 Å². The molecule has 3 heterocycles. The Labute approximate surface area is 189 Å². The molecule has 160 valence electrons. The van der Waals surface area contributed by atoms with E-state index in [0.717, 1.165) is 26.4 Å². The van der Waals surface area contributed by atoms with Gasteiger partial charge in [-0.05, 0) is 42.3 Å². The van der Waals surface area contributed by atoms with Gasteiger partial charge in [0.05, 0.1) is 21.9 Å². The second-order valence-corrected chi connectivity index (χ2v) is 8.87. The monoisotopic (exact) mass is 442 g/mol. The Morgan fingerprint density at radius 2 is 1.75 bits per heavy atom. The van der Waals surface area contributed by atoms with E-state index in [9.17, 15) is 4.79 Å². The third-order valence-corrected chi connectivity index (χ3v) is 6.34. The molecule has 0 saturated carbocycles. The molecule has 0 aliphatic heterocycles. The van der Waals surface area contributed by atoms with Crippen molar-refractivity contribution in [1.82, 2.24) is 24.9 Å². The highest BCUT2D eigenvalue weighted by atomic mass is 32.1. The molecule has 5 aromatic rings. The summed E-state index contributed by atoms with van der Waals surface area (Å²) < 4.78 is 3.01. The molecule has 1 atom stereocenters. The second-order valence-electron chi connectivity index (χ2n) is 7.84. The molecule has 1 unspecified atom stereocenters. The normalized spacial score (nSPS) is 12.3. The van der Waals surface area contributed by atoms with Crippen molar-refractivity contribution in [3.8, 4) is 10.6 Å². The van der Waals surface area contributed by atoms with Crippen molar-refractivity contribution in [3.63, 3.8) is 0 Å². The number of hydrogen-bond donors (Lipinski definition) is 2. The van der Waals surface area contributed by atoms with Crippen molar-refractivity contribution in [2.24, 2.45) is 5.92 Å². The Morgan fingerprint density at radius 1 is 0.969 bits per heavy atom. The van der Waals surface area contributed by atoms with Crippen LogP contribution in [0.15, 0.2) is 72.9 Å². The van der Waals surface area contributed by atoms with Crippen molar-refractivity contribution >= 4 is 38.9 Å². The molecule has 2 aromatic carbocycles. The van der Waals surface area contributed by atoms with E-state index in [-0.39, 0.29) is 18.0 Å². The molecule has 5 rings (SSSR count). The first-order valence-corrected chi connectivity index (χ1v) is 11.2. The summed E-state index contributed by atoms with van der Waals surface area (Å²) in [5.74, 6) is 0.818. The largest absolute Gasteiger partial charge is 0.328 e. The van der Waals surface area contributed by atoms with E-state index in [1.807, 2.05) is 85.1 Å². The molecule has 0 radical (unpaired) electrons. The summed E-state index contributed by atoms with van der Waals surface area (Å²) in [7, 11) is 0. The minimum Gasteiger partial charge on any atom is -0.328 e. The molecule has 0 spiro atoms. The number of carbonyl (C=O) groups excluding carboxylic acids is 1. The van der Waals surface area contributed by atoms with Crippen LogP contribution < -0.4 is 10.6 Å². The predicted octanol–water partition coefficient (Wildman–Crippen LogP) is 5.52. The zero-order valence-electron chi connectivity index (χ0n) is 17.7. The van der Waals surface area contributed by atoms with E-state index in [4.69, 9.17) is 4.98 Å². The lowest BCUT2D eigenvalue weighted by Gasteiger charge is -2.21. The summed E-state index contributed by atoms with van der Waals surface area (Å²) in [4.78, 5) is 17.8. The number of para-hydroxylation sites is 2. The zero-order valence-corrected chi connectivity index (χ0v) is 18.5. The summed E-state index contributed by atoms with van der Waals surface area (Å²) in [6, 6.07) is 20.9. The van der Waals surface area contributed by atoms with Crippen LogP contribution in [0.2, 0.25) is 0 Å². The maximum atomic E-state index is 13.0. The number of benzene rings is 2. The zero-order chi connectivity index (χ0) is 22.1. The van der Waals surface area contributed by atoms with E-state index in [1.165, 1.54) is 0 Å². The Bertz CT molecular complexity index is 1370. The molecule has 32 heavy (non-hydrogen) atoms. The third kappa shape index (κ3) is 3.80. The summed E-state index contributed by atoms with van der Waals surface area (Å²) in [6.45, 7) is 4.09. The first-order valence-electron chi connectivity index (χ1n) is 10.4. The molecule has 0 fully saturated rings. The van der Waals surface area contributed by atoms with E-state index in [2.05, 4.69) is 26.9 Å². The van der Waals surface area contributed by atoms with Crippen LogP contribution in [0.4, 0.5) is 10.5 Å². The topological polar surface area (TPSA) is 84.2 Å². The van der Waals surface area contributed by atoms with Gasteiger partial charge in [0.15, 0.2) is 11.5 Å². The number of nitrogens with one attached hydrogen (secondary N) is 2. The predicted molar refractivity (Wildman–Crippen MR) is 128 cm³/mol. The number of urea groups is 1. The number of nitrogens with zero attached hydrogens (tertiary/aromatic N) is 4. The van der Waals surface area contributed by atoms with Crippen molar-refractivity contribution < 1.29 is 4.79 Å². The number of aromatic nitrogens is 4. The van der Waals surface area contributed by atoms with Gasteiger partial charge in [-0.2, -0.15) is 0 Å². The van der Waals surface area contributed by atoms with Gasteiger partial charge < -0.3 is 10.6 Å². The van der Waals surface area contributed by atoms with E-state index in [1.54, 1.807) is 11.3 Å². The fraction of sp³-hybridized carbons (Fsp3) is 0.167. The minimum absolute atomic E-state index is 0.118. The highest BCUT2D eigenvalue weighted by Crippen LogP contribution is 2.34. The average molecular weight is 443 g/mol. The SMILES string of the molecule is CC(C)C(NC(=O)Nc1ccccc1-c1nc2ccccc2s1)c1nnc2ccccn12. The van der Waals surface area contributed by atoms with Crippen molar-refractivity contribution in [2.75, 3.05) is 5.32 Å². The van der Waals surface area contributed by atoms with Gasteiger partial charge in [0, 0.05) is 11.8 Å². The Morgan fingerprint density at radius 3 is 2.59 bits per heavy atom. The quantitative estimate of drug-likeness (QED) is 0.375. The molecule has 7 nitrogen and oxygen atoms in total. The van der Waals surface area contributed by atoms with Gasteiger partial charge in [0.2, 0.25) is 0 Å². The molecular formula is C24H22N6OS. The molecule has 0 bridgehead atoms. The Hall–Kier alpha value is -3.78. The molecule has 2 amide bonds. The van der Waals surface area contributed by atoms with E-state index < -0.39 is 0 Å². The highest BCUT2D eigenvalue weighted by Gasteiger charge is 2.24. The third-order valence-electron chi connectivity index (χ3n) is 5.27. The number of anilines is 1. The van der Waals surface area contributed by atoms with Crippen molar-refractivity contribution in [1.29, 1.82) is 0 Å². The van der Waals surface area contributed by atoms with E-state index >= 15 is 0 Å². The number of carbonyl (C=O) groups is 1. The van der Waals surface area contributed by atoms with Crippen molar-refractivity contribution in [3.05, 3.63) is 78.8 Å². The van der Waals surface area contributed by atoms with Crippen molar-refractivity contribution in [2.45, 2.75) is 19.9 Å². The Kier molecular flexibility index (Phi) is 5.28. The first-order chi connectivity index (χ1) is 15.6. The number of pyridine rings is 1. The second kappa shape index (κ2) is 8.39. The van der Waals surface area contributed by atoms with Gasteiger partial charge in [-0.25, -0.2) is 9.78 Å². The van der Waals surface area contributed by atoms with E-state index in [0.29, 0.717) is 11.5 Å². The van der Waals surface area contributed by atoms with Gasteiger partial charge in [0.25, 0.3) is 0 Å². The highest BCUT2D eigenvalue weighted by molar-refractivity contribution is 7.21. The average Bonchev–Trinajstić information content (AvgIpc) is 3.42. The lowest BCUT2D eigenvalue weighted by Crippen LogP contribution is -2.36. The maximum absolute atomic E-state index is 13.0. The lowest BCUT2D eigenvalue weighted by atomic mass is 10.0. The minimum atomic E-state index is -0.304. The number of fused-ring (bicyclic) bond motifs is 2. The number of hydrogen-bond acceptors (Lipinski definition) is 5. The van der Waals surface area contributed by atoms with Gasteiger partial charge in [0.1, 0.15) is 5.01 Å². The summed E-state index contributed by atoms with van der Waals surface area (Å²) >= 11 is 1.61. The van der Waals surface area contributed by atoms with Crippen LogP contribution in [0.5, 0.6) is 0 Å². The standard InChI is InChI=1S/C24H22N6OS/c1-15(2)21(22-29-28-20-13-7-8-14-30(20)22)27-24(31)26-17-10-4-3-9-16(17)23-25-18-11-5-6-12-19(18)32-23/h3-15,21H,1-2H3,(H2,26,27,31). The summed E-state index contributed by atoms with van der Waals surface area (Å²) in [5.41, 5.74) is 3.29.